The van der Waals surface area contributed by atoms with E-state index in [0.717, 1.165) is 60.2 Å². The standard InChI is InChI=1S/C26H28N4O.ClH/c27-13-7-1-2-8-14-28-16-21-20-11-5-6-12-23(20)29-25-22(21)17-30-24(25)15-18-9-3-4-10-19(18)26(30)31;/h3-6,9-12,15,28H,1-2,7-8,13-14,16-17,27H2;1H. The van der Waals surface area contributed by atoms with Crippen LogP contribution < -0.4 is 16.6 Å². The van der Waals surface area contributed by atoms with E-state index in [4.69, 9.17) is 10.7 Å². The van der Waals surface area contributed by atoms with E-state index in [1.807, 2.05) is 34.9 Å². The van der Waals surface area contributed by atoms with Gasteiger partial charge in [-0.25, -0.2) is 4.98 Å². The highest BCUT2D eigenvalue weighted by atomic mass is 35.5. The van der Waals surface area contributed by atoms with E-state index in [-0.39, 0.29) is 18.0 Å². The summed E-state index contributed by atoms with van der Waals surface area (Å²) in [6.45, 7) is 3.12. The largest absolute Gasteiger partial charge is 0.330 e. The molecule has 6 heteroatoms. The van der Waals surface area contributed by atoms with Crippen molar-refractivity contribution in [2.24, 2.45) is 5.73 Å². The minimum Gasteiger partial charge on any atom is -0.330 e. The molecule has 0 aliphatic carbocycles. The summed E-state index contributed by atoms with van der Waals surface area (Å²) in [6, 6.07) is 18.2. The van der Waals surface area contributed by atoms with Gasteiger partial charge in [0, 0.05) is 22.9 Å². The quantitative estimate of drug-likeness (QED) is 0.340. The fourth-order valence-corrected chi connectivity index (χ4v) is 4.67. The van der Waals surface area contributed by atoms with Crippen molar-refractivity contribution in [3.63, 3.8) is 0 Å². The summed E-state index contributed by atoms with van der Waals surface area (Å²) in [6.07, 6.45) is 4.64. The Morgan fingerprint density at radius 3 is 2.56 bits per heavy atom. The Labute approximate surface area is 194 Å². The first kappa shape index (κ1) is 22.5. The number of rotatable bonds is 8. The minimum atomic E-state index is 0. The topological polar surface area (TPSA) is 72.9 Å². The average molecular weight is 449 g/mol. The number of para-hydroxylation sites is 1. The number of nitrogens with two attached hydrogens (primary N) is 1. The monoisotopic (exact) mass is 448 g/mol. The van der Waals surface area contributed by atoms with Crippen LogP contribution in [0.4, 0.5) is 0 Å². The molecule has 5 nitrogen and oxygen atoms in total. The fourth-order valence-electron chi connectivity index (χ4n) is 4.67. The molecule has 0 unspecified atom stereocenters. The maximum absolute atomic E-state index is 13.2. The van der Waals surface area contributed by atoms with E-state index in [1.165, 1.54) is 29.4 Å². The highest BCUT2D eigenvalue weighted by molar-refractivity contribution is 5.91. The van der Waals surface area contributed by atoms with Crippen molar-refractivity contribution in [2.75, 3.05) is 13.1 Å². The highest BCUT2D eigenvalue weighted by Crippen LogP contribution is 2.36. The van der Waals surface area contributed by atoms with Gasteiger partial charge in [0.05, 0.1) is 23.4 Å². The SMILES string of the molecule is Cl.NCCCCCCNCc1c2c(nc3ccccc13)-c1cc3ccccc3c(=O)n1C2. The second kappa shape index (κ2) is 9.82. The molecule has 0 atom stereocenters. The van der Waals surface area contributed by atoms with Crippen molar-refractivity contribution in [1.82, 2.24) is 14.9 Å². The number of aromatic nitrogens is 2. The van der Waals surface area contributed by atoms with Crippen molar-refractivity contribution >= 4 is 34.1 Å². The van der Waals surface area contributed by atoms with Crippen molar-refractivity contribution < 1.29 is 0 Å². The summed E-state index contributed by atoms with van der Waals surface area (Å²) < 4.78 is 1.88. The third kappa shape index (κ3) is 4.04. The van der Waals surface area contributed by atoms with E-state index in [0.29, 0.717) is 6.54 Å². The van der Waals surface area contributed by atoms with E-state index in [9.17, 15) is 4.79 Å². The first-order chi connectivity index (χ1) is 15.3. The molecule has 1 aliphatic rings. The molecule has 2 aromatic carbocycles. The summed E-state index contributed by atoms with van der Waals surface area (Å²) in [5.74, 6) is 0. The molecule has 0 bridgehead atoms. The van der Waals surface area contributed by atoms with E-state index < -0.39 is 0 Å². The normalized spacial score (nSPS) is 12.0. The number of nitrogens with zero attached hydrogens (tertiary/aromatic N) is 2. The number of hydrogen-bond donors (Lipinski definition) is 2. The molecule has 2 aromatic heterocycles. The predicted molar refractivity (Wildman–Crippen MR) is 135 cm³/mol. The number of pyridine rings is 2. The van der Waals surface area contributed by atoms with E-state index in [1.54, 1.807) is 0 Å². The second-order valence-corrected chi connectivity index (χ2v) is 8.32. The average Bonchev–Trinajstić information content (AvgIpc) is 3.16. The summed E-state index contributed by atoms with van der Waals surface area (Å²) in [4.78, 5) is 18.2. The van der Waals surface area contributed by atoms with Crippen LogP contribution in [0.2, 0.25) is 0 Å². The van der Waals surface area contributed by atoms with Gasteiger partial charge in [-0.1, -0.05) is 49.2 Å². The van der Waals surface area contributed by atoms with Gasteiger partial charge in [-0.3, -0.25) is 4.79 Å². The summed E-state index contributed by atoms with van der Waals surface area (Å²) in [5, 5.41) is 6.53. The van der Waals surface area contributed by atoms with Gasteiger partial charge < -0.3 is 15.6 Å². The fraction of sp³-hybridized carbons (Fsp3) is 0.308. The van der Waals surface area contributed by atoms with Gasteiger partial charge in [0.2, 0.25) is 0 Å². The van der Waals surface area contributed by atoms with Gasteiger partial charge in [0.1, 0.15) is 0 Å². The lowest BCUT2D eigenvalue weighted by atomic mass is 10.00. The Morgan fingerprint density at radius 2 is 1.72 bits per heavy atom. The first-order valence-corrected chi connectivity index (χ1v) is 11.2. The highest BCUT2D eigenvalue weighted by Gasteiger charge is 2.26. The van der Waals surface area contributed by atoms with Crippen LogP contribution >= 0.6 is 12.4 Å². The molecule has 5 rings (SSSR count). The van der Waals surface area contributed by atoms with Crippen LogP contribution in [0, 0.1) is 0 Å². The zero-order valence-corrected chi connectivity index (χ0v) is 19.0. The molecule has 0 saturated carbocycles. The molecular formula is C26H29ClN4O. The van der Waals surface area contributed by atoms with Gasteiger partial charge in [0.15, 0.2) is 0 Å². The van der Waals surface area contributed by atoms with Gasteiger partial charge in [-0.15, -0.1) is 12.4 Å². The number of hydrogen-bond acceptors (Lipinski definition) is 4. The molecule has 3 N–H and O–H groups in total. The lowest BCUT2D eigenvalue weighted by molar-refractivity contribution is 0.589. The molecule has 3 heterocycles. The number of unbranched alkanes of at least 4 members (excludes halogenated alkanes) is 3. The predicted octanol–water partition coefficient (Wildman–Crippen LogP) is 4.61. The van der Waals surface area contributed by atoms with E-state index in [2.05, 4.69) is 29.6 Å². The molecule has 166 valence electrons. The van der Waals surface area contributed by atoms with Crippen LogP contribution in [0.25, 0.3) is 33.1 Å². The Hall–Kier alpha value is -2.73. The van der Waals surface area contributed by atoms with E-state index >= 15 is 0 Å². The Morgan fingerprint density at radius 1 is 0.969 bits per heavy atom. The molecule has 1 aliphatic heterocycles. The van der Waals surface area contributed by atoms with Crippen LogP contribution in [0.1, 0.15) is 36.8 Å². The second-order valence-electron chi connectivity index (χ2n) is 8.32. The molecule has 0 spiro atoms. The molecule has 0 amide bonds. The number of fused-ring (bicyclic) bond motifs is 5. The Balaban J connectivity index is 0.00000245. The van der Waals surface area contributed by atoms with Crippen LogP contribution in [0.5, 0.6) is 0 Å². The number of benzene rings is 2. The third-order valence-corrected chi connectivity index (χ3v) is 6.30. The van der Waals surface area contributed by atoms with Crippen molar-refractivity contribution in [2.45, 2.75) is 38.8 Å². The molecule has 0 radical (unpaired) electrons. The third-order valence-electron chi connectivity index (χ3n) is 6.30. The van der Waals surface area contributed by atoms with Crippen LogP contribution in [0.15, 0.2) is 59.4 Å². The summed E-state index contributed by atoms with van der Waals surface area (Å²) in [7, 11) is 0. The molecule has 4 aromatic rings. The Kier molecular flexibility index (Phi) is 6.89. The van der Waals surface area contributed by atoms with Crippen molar-refractivity contribution in [1.29, 1.82) is 0 Å². The smallest absolute Gasteiger partial charge is 0.259 e. The molecular weight excluding hydrogens is 420 g/mol. The molecule has 0 saturated heterocycles. The minimum absolute atomic E-state index is 0. The number of nitrogens with one attached hydrogen (secondary N) is 1. The maximum atomic E-state index is 13.2. The van der Waals surface area contributed by atoms with Crippen LogP contribution in [-0.2, 0) is 13.1 Å². The zero-order valence-electron chi connectivity index (χ0n) is 18.1. The van der Waals surface area contributed by atoms with Crippen molar-refractivity contribution in [3.05, 3.63) is 76.1 Å². The zero-order chi connectivity index (χ0) is 21.2. The van der Waals surface area contributed by atoms with Gasteiger partial charge >= 0.3 is 0 Å². The summed E-state index contributed by atoms with van der Waals surface area (Å²) >= 11 is 0. The van der Waals surface area contributed by atoms with Gasteiger partial charge in [-0.05, 0) is 55.1 Å². The maximum Gasteiger partial charge on any atom is 0.259 e. The molecule has 0 fully saturated rings. The van der Waals surface area contributed by atoms with Gasteiger partial charge in [-0.2, -0.15) is 0 Å². The summed E-state index contributed by atoms with van der Waals surface area (Å²) in [5.41, 5.74) is 10.9. The van der Waals surface area contributed by atoms with Gasteiger partial charge in [0.25, 0.3) is 5.56 Å². The van der Waals surface area contributed by atoms with Crippen LogP contribution in [-0.4, -0.2) is 22.6 Å². The first-order valence-electron chi connectivity index (χ1n) is 11.2. The lowest BCUT2D eigenvalue weighted by Crippen LogP contribution is -2.20. The lowest BCUT2D eigenvalue weighted by Gasteiger charge is -2.13. The molecule has 32 heavy (non-hydrogen) atoms. The Bertz CT molecular complexity index is 1310. The van der Waals surface area contributed by atoms with Crippen LogP contribution in [0.3, 0.4) is 0 Å². The number of halogens is 1. The van der Waals surface area contributed by atoms with Crippen molar-refractivity contribution in [3.8, 4) is 11.4 Å².